The maximum atomic E-state index is 6.03. The molecule has 7 nitrogen and oxygen atoms in total. The first-order valence-electron chi connectivity index (χ1n) is 5.54. The highest BCUT2D eigenvalue weighted by Crippen LogP contribution is 2.30. The van der Waals surface area contributed by atoms with Crippen molar-refractivity contribution in [2.45, 2.75) is 10.2 Å². The second-order valence-corrected chi connectivity index (χ2v) is 5.06. The van der Waals surface area contributed by atoms with Crippen molar-refractivity contribution >= 4 is 29.3 Å². The Hall–Kier alpha value is -2.19. The predicted molar refractivity (Wildman–Crippen MR) is 74.7 cm³/mol. The summed E-state index contributed by atoms with van der Waals surface area (Å²) >= 11 is 7.25. The average molecular weight is 306 g/mol. The number of anilines is 1. The van der Waals surface area contributed by atoms with E-state index in [1.165, 1.54) is 18.0 Å². The molecule has 0 atom stereocenters. The Labute approximate surface area is 123 Å². The molecule has 2 aromatic heterocycles. The highest BCUT2D eigenvalue weighted by molar-refractivity contribution is 7.99. The summed E-state index contributed by atoms with van der Waals surface area (Å²) in [6.45, 7) is 0. The molecule has 3 rings (SSSR count). The van der Waals surface area contributed by atoms with Gasteiger partial charge in [-0.25, -0.2) is 9.97 Å². The molecule has 0 aliphatic rings. The van der Waals surface area contributed by atoms with Crippen LogP contribution in [0, 0.1) is 0 Å². The lowest BCUT2D eigenvalue weighted by Gasteiger charge is -2.04. The summed E-state index contributed by atoms with van der Waals surface area (Å²) in [7, 11) is 0. The fourth-order valence-corrected chi connectivity index (χ4v) is 2.47. The van der Waals surface area contributed by atoms with E-state index in [1.54, 1.807) is 4.68 Å². The molecule has 0 saturated carbocycles. The second-order valence-electron chi connectivity index (χ2n) is 3.69. The molecule has 0 radical (unpaired) electrons. The molecule has 0 saturated heterocycles. The number of nitrogens with zero attached hydrogens (tertiary/aromatic N) is 6. The van der Waals surface area contributed by atoms with Crippen LogP contribution in [0.1, 0.15) is 0 Å². The van der Waals surface area contributed by atoms with Gasteiger partial charge in [0.05, 0.1) is 16.9 Å². The molecule has 100 valence electrons. The number of hydrogen-bond acceptors (Lipinski definition) is 7. The monoisotopic (exact) mass is 305 g/mol. The van der Waals surface area contributed by atoms with Gasteiger partial charge in [0.25, 0.3) is 0 Å². The standard InChI is InChI=1S/C11H8ClN7S/c12-8-6-14-10(13)15-9(8)20-11-16-17-18-19(11)7-4-2-1-3-5-7/h1-6H,(H2,13,14,15). The number of benzene rings is 1. The normalized spacial score (nSPS) is 10.7. The number of hydrogen-bond donors (Lipinski definition) is 1. The van der Waals surface area contributed by atoms with Crippen LogP contribution >= 0.6 is 23.4 Å². The van der Waals surface area contributed by atoms with Gasteiger partial charge in [0.1, 0.15) is 5.03 Å². The van der Waals surface area contributed by atoms with Crippen molar-refractivity contribution in [1.82, 2.24) is 30.2 Å². The zero-order valence-corrected chi connectivity index (χ0v) is 11.6. The molecular formula is C11H8ClN7S. The molecule has 20 heavy (non-hydrogen) atoms. The van der Waals surface area contributed by atoms with Crippen LogP contribution in [-0.4, -0.2) is 30.2 Å². The van der Waals surface area contributed by atoms with Crippen LogP contribution in [0.2, 0.25) is 5.02 Å². The number of aromatic nitrogens is 6. The van der Waals surface area contributed by atoms with E-state index >= 15 is 0 Å². The Balaban J connectivity index is 1.97. The lowest BCUT2D eigenvalue weighted by Crippen LogP contribution is -2.00. The predicted octanol–water partition coefficient (Wildman–Crippen LogP) is 1.84. The first kappa shape index (κ1) is 12.8. The highest BCUT2D eigenvalue weighted by atomic mass is 35.5. The van der Waals surface area contributed by atoms with E-state index < -0.39 is 0 Å². The second kappa shape index (κ2) is 5.43. The van der Waals surface area contributed by atoms with Gasteiger partial charge in [-0.2, -0.15) is 4.68 Å². The quantitative estimate of drug-likeness (QED) is 0.737. The summed E-state index contributed by atoms with van der Waals surface area (Å²) < 4.78 is 1.60. The molecule has 0 bridgehead atoms. The first-order chi connectivity index (χ1) is 9.74. The molecule has 0 fully saturated rings. The van der Waals surface area contributed by atoms with Gasteiger partial charge in [-0.05, 0) is 34.3 Å². The highest BCUT2D eigenvalue weighted by Gasteiger charge is 2.13. The van der Waals surface area contributed by atoms with Crippen molar-refractivity contribution in [3.05, 3.63) is 41.6 Å². The number of halogens is 1. The Morgan fingerprint density at radius 3 is 2.80 bits per heavy atom. The molecule has 1 aromatic carbocycles. The molecule has 9 heteroatoms. The smallest absolute Gasteiger partial charge is 0.221 e. The van der Waals surface area contributed by atoms with E-state index in [2.05, 4.69) is 25.5 Å². The third-order valence-corrected chi connectivity index (χ3v) is 3.69. The summed E-state index contributed by atoms with van der Waals surface area (Å²) in [5.41, 5.74) is 6.40. The van der Waals surface area contributed by atoms with E-state index in [-0.39, 0.29) is 5.95 Å². The van der Waals surface area contributed by atoms with Gasteiger partial charge in [0.15, 0.2) is 0 Å². The van der Waals surface area contributed by atoms with Crippen LogP contribution < -0.4 is 5.73 Å². The lowest BCUT2D eigenvalue weighted by atomic mass is 10.3. The lowest BCUT2D eigenvalue weighted by molar-refractivity contribution is 0.756. The fourth-order valence-electron chi connectivity index (χ4n) is 1.50. The van der Waals surface area contributed by atoms with Crippen LogP contribution in [0.15, 0.2) is 46.7 Å². The summed E-state index contributed by atoms with van der Waals surface area (Å²) in [4.78, 5) is 7.88. The molecule has 0 aliphatic carbocycles. The van der Waals surface area contributed by atoms with Crippen LogP contribution in [-0.2, 0) is 0 Å². The summed E-state index contributed by atoms with van der Waals surface area (Å²) in [6, 6.07) is 9.53. The van der Waals surface area contributed by atoms with Crippen molar-refractivity contribution in [2.75, 3.05) is 5.73 Å². The van der Waals surface area contributed by atoms with Crippen LogP contribution in [0.3, 0.4) is 0 Å². The molecule has 3 aromatic rings. The van der Waals surface area contributed by atoms with Crippen molar-refractivity contribution in [1.29, 1.82) is 0 Å². The van der Waals surface area contributed by atoms with Gasteiger partial charge in [-0.15, -0.1) is 5.10 Å². The van der Waals surface area contributed by atoms with Crippen LogP contribution in [0.4, 0.5) is 5.95 Å². The SMILES string of the molecule is Nc1ncc(Cl)c(Sc2nnnn2-c2ccccc2)n1. The van der Waals surface area contributed by atoms with Gasteiger partial charge in [0.2, 0.25) is 11.1 Å². The van der Waals surface area contributed by atoms with Crippen molar-refractivity contribution in [3.8, 4) is 5.69 Å². The number of tetrazole rings is 1. The topological polar surface area (TPSA) is 95.4 Å². The number of para-hydroxylation sites is 1. The van der Waals surface area contributed by atoms with Crippen molar-refractivity contribution in [3.63, 3.8) is 0 Å². The average Bonchev–Trinajstić information content (AvgIpc) is 2.92. The summed E-state index contributed by atoms with van der Waals surface area (Å²) in [5, 5.41) is 13.0. The maximum absolute atomic E-state index is 6.03. The Morgan fingerprint density at radius 1 is 1.20 bits per heavy atom. The van der Waals surface area contributed by atoms with E-state index in [0.717, 1.165) is 5.69 Å². The van der Waals surface area contributed by atoms with Gasteiger partial charge in [-0.1, -0.05) is 29.8 Å². The summed E-state index contributed by atoms with van der Waals surface area (Å²) in [6.07, 6.45) is 1.45. The Bertz CT molecular complexity index is 731. The number of nitrogens with two attached hydrogens (primary N) is 1. The van der Waals surface area contributed by atoms with Crippen LogP contribution in [0.25, 0.3) is 5.69 Å². The van der Waals surface area contributed by atoms with E-state index in [0.29, 0.717) is 15.2 Å². The minimum Gasteiger partial charge on any atom is -0.368 e. The number of nitrogen functional groups attached to an aromatic ring is 1. The largest absolute Gasteiger partial charge is 0.368 e. The first-order valence-corrected chi connectivity index (χ1v) is 6.73. The van der Waals surface area contributed by atoms with E-state index in [9.17, 15) is 0 Å². The zero-order chi connectivity index (χ0) is 13.9. The van der Waals surface area contributed by atoms with E-state index in [4.69, 9.17) is 17.3 Å². The minimum absolute atomic E-state index is 0.149. The van der Waals surface area contributed by atoms with Gasteiger partial charge in [0, 0.05) is 0 Å². The van der Waals surface area contributed by atoms with Gasteiger partial charge < -0.3 is 5.73 Å². The molecule has 0 amide bonds. The molecule has 2 heterocycles. The number of rotatable bonds is 3. The fraction of sp³-hybridized carbons (Fsp3) is 0. The van der Waals surface area contributed by atoms with Gasteiger partial charge >= 0.3 is 0 Å². The molecule has 0 spiro atoms. The Morgan fingerprint density at radius 2 is 2.00 bits per heavy atom. The minimum atomic E-state index is 0.149. The molecule has 0 unspecified atom stereocenters. The molecule has 2 N–H and O–H groups in total. The third-order valence-electron chi connectivity index (χ3n) is 2.36. The summed E-state index contributed by atoms with van der Waals surface area (Å²) in [5.74, 6) is 0.149. The third kappa shape index (κ3) is 2.56. The Kier molecular flexibility index (Phi) is 3.48. The van der Waals surface area contributed by atoms with Crippen LogP contribution in [0.5, 0.6) is 0 Å². The van der Waals surface area contributed by atoms with Crippen molar-refractivity contribution < 1.29 is 0 Å². The van der Waals surface area contributed by atoms with E-state index in [1.807, 2.05) is 30.3 Å². The molecular weight excluding hydrogens is 298 g/mol. The maximum Gasteiger partial charge on any atom is 0.221 e. The van der Waals surface area contributed by atoms with Gasteiger partial charge in [-0.3, -0.25) is 0 Å². The molecule has 0 aliphatic heterocycles. The zero-order valence-electron chi connectivity index (χ0n) is 10.0. The van der Waals surface area contributed by atoms with Crippen molar-refractivity contribution in [2.24, 2.45) is 0 Å².